The summed E-state index contributed by atoms with van der Waals surface area (Å²) in [4.78, 5) is 63.6. The number of nitrogens with one attached hydrogen (secondary N) is 2. The van der Waals surface area contributed by atoms with Gasteiger partial charge in [0.15, 0.2) is 6.23 Å². The highest BCUT2D eigenvalue weighted by Crippen LogP contribution is 2.71. The average molecular weight is 639 g/mol. The molecule has 5 unspecified atom stereocenters. The number of aromatic amines is 1. The van der Waals surface area contributed by atoms with Crippen LogP contribution in [0.3, 0.4) is 0 Å². The van der Waals surface area contributed by atoms with E-state index < -0.39 is 73.6 Å². The van der Waals surface area contributed by atoms with Gasteiger partial charge in [-0.15, -0.1) is 0 Å². The molecule has 0 radical (unpaired) electrons. The SMILES string of the molecule is O=c1ccn([C@@H]2O[C@H](COP(=O)(O)OP(=O)(O)OP(=O)(O)OP(=O)(O)Nc3ccccc3)[C@H](O)C2O)c(=O)[nH]1. The monoisotopic (exact) mass is 639 g/mol. The number of hydrogen-bond acceptors (Lipinski definition) is 13. The molecule has 0 aliphatic carbocycles. The number of phosphoric ester groups is 1. The van der Waals surface area contributed by atoms with E-state index in [1.165, 1.54) is 30.3 Å². The van der Waals surface area contributed by atoms with E-state index in [0.29, 0.717) is 4.57 Å². The molecule has 1 saturated heterocycles. The lowest BCUT2D eigenvalue weighted by Crippen LogP contribution is -2.37. The van der Waals surface area contributed by atoms with Crippen molar-refractivity contribution < 1.29 is 70.2 Å². The maximum atomic E-state index is 12.1. The van der Waals surface area contributed by atoms with Crippen LogP contribution in [0.1, 0.15) is 6.23 Å². The normalized spacial score (nSPS) is 27.5. The van der Waals surface area contributed by atoms with Crippen molar-refractivity contribution in [2.45, 2.75) is 24.5 Å². The Kier molecular flexibility index (Phi) is 9.73. The van der Waals surface area contributed by atoms with Gasteiger partial charge < -0.3 is 34.5 Å². The molecule has 1 aromatic carbocycles. The zero-order valence-electron chi connectivity index (χ0n) is 19.0. The van der Waals surface area contributed by atoms with Crippen LogP contribution < -0.4 is 16.3 Å². The van der Waals surface area contributed by atoms with Crippen LogP contribution in [-0.4, -0.2) is 64.3 Å². The number of phosphoric acid groups is 3. The zero-order valence-corrected chi connectivity index (χ0v) is 22.5. The number of ether oxygens (including phenoxy) is 1. The molecule has 0 spiro atoms. The Morgan fingerprint density at radius 3 is 2.08 bits per heavy atom. The van der Waals surface area contributed by atoms with Gasteiger partial charge in [0.25, 0.3) is 5.56 Å². The van der Waals surface area contributed by atoms with Crippen LogP contribution >= 0.6 is 31.2 Å². The highest BCUT2D eigenvalue weighted by atomic mass is 31.3. The van der Waals surface area contributed by atoms with Crippen LogP contribution in [0.4, 0.5) is 5.69 Å². The van der Waals surface area contributed by atoms with E-state index in [2.05, 4.69) is 17.5 Å². The summed E-state index contributed by atoms with van der Waals surface area (Å²) >= 11 is 0. The number of hydrogen-bond donors (Lipinski definition) is 8. The van der Waals surface area contributed by atoms with Crippen molar-refractivity contribution in [2.24, 2.45) is 0 Å². The lowest BCUT2D eigenvalue weighted by molar-refractivity contribution is -0.0542. The second-order valence-electron chi connectivity index (χ2n) is 7.51. The van der Waals surface area contributed by atoms with Gasteiger partial charge in [-0.1, -0.05) is 18.2 Å². The van der Waals surface area contributed by atoms with E-state index in [9.17, 15) is 57.6 Å². The minimum Gasteiger partial charge on any atom is -0.387 e. The van der Waals surface area contributed by atoms with Crippen molar-refractivity contribution in [1.82, 2.24) is 9.55 Å². The van der Waals surface area contributed by atoms with Crippen LogP contribution in [-0.2, 0) is 40.5 Å². The molecule has 24 heteroatoms. The Balaban J connectivity index is 1.59. The van der Waals surface area contributed by atoms with Gasteiger partial charge in [-0.3, -0.25) is 24.0 Å². The maximum absolute atomic E-state index is 12.1. The van der Waals surface area contributed by atoms with Crippen molar-refractivity contribution in [3.05, 3.63) is 63.4 Å². The Labute approximate surface area is 216 Å². The third-order valence-corrected chi connectivity index (χ3v) is 10.6. The number of aliphatic hydroxyl groups is 2. The van der Waals surface area contributed by atoms with Crippen LogP contribution in [0.2, 0.25) is 0 Å². The first-order valence-corrected chi connectivity index (χ1v) is 16.2. The molecule has 2 heterocycles. The van der Waals surface area contributed by atoms with Crippen LogP contribution in [0, 0.1) is 0 Å². The zero-order chi connectivity index (χ0) is 29.2. The van der Waals surface area contributed by atoms with Gasteiger partial charge in [-0.25, -0.2) is 23.1 Å². The summed E-state index contributed by atoms with van der Waals surface area (Å²) in [5.41, 5.74) is -1.86. The summed E-state index contributed by atoms with van der Waals surface area (Å²) < 4.78 is 69.9. The van der Waals surface area contributed by atoms with Gasteiger partial charge in [0.2, 0.25) is 0 Å². The topological polar surface area (TPSA) is 303 Å². The molecule has 8 N–H and O–H groups in total. The first-order valence-electron chi connectivity index (χ1n) is 10.1. The summed E-state index contributed by atoms with van der Waals surface area (Å²) in [6, 6.07) is 7.81. The quantitative estimate of drug-likeness (QED) is 0.139. The lowest BCUT2D eigenvalue weighted by Gasteiger charge is -2.21. The second kappa shape index (κ2) is 12.0. The van der Waals surface area contributed by atoms with E-state index in [1.54, 1.807) is 0 Å². The number of rotatable bonds is 12. The predicted molar refractivity (Wildman–Crippen MR) is 126 cm³/mol. The van der Waals surface area contributed by atoms with Gasteiger partial charge in [0.05, 0.1) is 6.61 Å². The van der Waals surface area contributed by atoms with E-state index in [1.807, 2.05) is 10.1 Å². The van der Waals surface area contributed by atoms with E-state index in [-0.39, 0.29) is 5.69 Å². The fourth-order valence-electron chi connectivity index (χ4n) is 3.04. The molecular formula is C15H21N3O17P4. The summed E-state index contributed by atoms with van der Waals surface area (Å²) in [5, 5.41) is 22.1. The molecule has 1 fully saturated rings. The van der Waals surface area contributed by atoms with E-state index in [0.717, 1.165) is 12.3 Å². The number of para-hydroxylation sites is 1. The lowest BCUT2D eigenvalue weighted by atomic mass is 10.1. The summed E-state index contributed by atoms with van der Waals surface area (Å²) in [5.74, 6) is 0. The van der Waals surface area contributed by atoms with E-state index >= 15 is 0 Å². The van der Waals surface area contributed by atoms with Crippen molar-refractivity contribution in [2.75, 3.05) is 11.7 Å². The fourth-order valence-corrected chi connectivity index (χ4v) is 8.19. The molecule has 0 saturated carbocycles. The molecule has 0 bridgehead atoms. The molecule has 0 amide bonds. The van der Waals surface area contributed by atoms with Crippen molar-refractivity contribution >= 4 is 36.9 Å². The van der Waals surface area contributed by atoms with Gasteiger partial charge in [-0.05, 0) is 12.1 Å². The van der Waals surface area contributed by atoms with Crippen LogP contribution in [0.25, 0.3) is 0 Å². The minimum absolute atomic E-state index is 0.0610. The minimum atomic E-state index is -6.03. The third kappa shape index (κ3) is 9.09. The molecule has 1 aromatic heterocycles. The van der Waals surface area contributed by atoms with Gasteiger partial charge in [0, 0.05) is 18.0 Å². The Hall–Kier alpha value is -1.82. The standard InChI is InChI=1S/C15H21N3O17P4/c19-11-6-7-18(15(22)16-11)14-13(21)12(20)10(32-14)8-31-37(25,26)34-39(29,30)35-38(27,28)33-36(23,24)17-9-4-2-1-3-5-9/h1-7,10,12-14,20-21H,8H2,(H,25,26)(H,27,28)(H,29,30)(H,16,19,22)(H2,17,23,24)/t10-,12+,13?,14-/m1/s1. The van der Waals surface area contributed by atoms with Gasteiger partial charge in [-0.2, -0.15) is 12.9 Å². The molecule has 20 nitrogen and oxygen atoms in total. The van der Waals surface area contributed by atoms with E-state index in [4.69, 9.17) is 4.74 Å². The molecule has 3 rings (SSSR count). The molecule has 8 atom stereocenters. The Morgan fingerprint density at radius 2 is 1.46 bits per heavy atom. The molecule has 1 aliphatic rings. The highest BCUT2D eigenvalue weighted by molar-refractivity contribution is 7.71. The fraction of sp³-hybridized carbons (Fsp3) is 0.333. The van der Waals surface area contributed by atoms with Crippen molar-refractivity contribution in [1.29, 1.82) is 0 Å². The smallest absolute Gasteiger partial charge is 0.387 e. The van der Waals surface area contributed by atoms with Crippen LogP contribution in [0.15, 0.2) is 52.2 Å². The number of H-pyrrole nitrogens is 1. The van der Waals surface area contributed by atoms with Crippen molar-refractivity contribution in [3.63, 3.8) is 0 Å². The largest absolute Gasteiger partial charge is 0.490 e. The molecule has 39 heavy (non-hydrogen) atoms. The summed E-state index contributed by atoms with van der Waals surface area (Å²) in [6.07, 6.45) is -5.98. The van der Waals surface area contributed by atoms with Crippen molar-refractivity contribution in [3.8, 4) is 0 Å². The number of nitrogens with zero attached hydrogens (tertiary/aromatic N) is 1. The molecule has 2 aromatic rings. The Bertz CT molecular complexity index is 1480. The molecular weight excluding hydrogens is 618 g/mol. The summed E-state index contributed by atoms with van der Waals surface area (Å²) in [7, 11) is -22.8. The van der Waals surface area contributed by atoms with Gasteiger partial charge in [0.1, 0.15) is 18.3 Å². The molecule has 218 valence electrons. The average Bonchev–Trinajstić information content (AvgIpc) is 3.04. The Morgan fingerprint density at radius 1 is 0.872 bits per heavy atom. The second-order valence-corrected chi connectivity index (χ2v) is 13.8. The number of aromatic nitrogens is 2. The molecule has 1 aliphatic heterocycles. The third-order valence-electron chi connectivity index (χ3n) is 4.54. The number of aliphatic hydroxyl groups excluding tert-OH is 2. The summed E-state index contributed by atoms with van der Waals surface area (Å²) in [6.45, 7) is -1.12. The number of benzene rings is 1. The predicted octanol–water partition coefficient (Wildman–Crippen LogP) is -0.264. The maximum Gasteiger partial charge on any atom is 0.490 e. The first kappa shape index (κ1) is 31.7. The van der Waals surface area contributed by atoms with Crippen LogP contribution in [0.5, 0.6) is 0 Å². The van der Waals surface area contributed by atoms with Gasteiger partial charge >= 0.3 is 36.9 Å². The first-order chi connectivity index (χ1) is 17.9. The number of anilines is 1. The highest BCUT2D eigenvalue weighted by Gasteiger charge is 2.48.